The lowest BCUT2D eigenvalue weighted by Gasteiger charge is -2.22. The van der Waals surface area contributed by atoms with Gasteiger partial charge in [0.15, 0.2) is 0 Å². The van der Waals surface area contributed by atoms with Gasteiger partial charge in [0.25, 0.3) is 0 Å². The number of rotatable bonds is 4. The molecule has 0 aromatic heterocycles. The van der Waals surface area contributed by atoms with Gasteiger partial charge in [-0.2, -0.15) is 0 Å². The molecule has 0 radical (unpaired) electrons. The van der Waals surface area contributed by atoms with Gasteiger partial charge in [0.05, 0.1) is 15.7 Å². The molecule has 0 fully saturated rings. The van der Waals surface area contributed by atoms with Crippen molar-refractivity contribution in [3.05, 3.63) is 57.6 Å². The van der Waals surface area contributed by atoms with Crippen LogP contribution < -0.4 is 10.2 Å². The number of carbonyl (C=O) groups is 2. The number of amides is 2. The van der Waals surface area contributed by atoms with Gasteiger partial charge in [0, 0.05) is 12.6 Å². The molecule has 0 aliphatic rings. The zero-order valence-electron chi connectivity index (χ0n) is 13.7. The first-order valence-corrected chi connectivity index (χ1v) is 8.15. The second-order valence-electron chi connectivity index (χ2n) is 5.49. The highest BCUT2D eigenvalue weighted by atomic mass is 35.5. The van der Waals surface area contributed by atoms with Crippen LogP contribution in [0.2, 0.25) is 10.0 Å². The first kappa shape index (κ1) is 18.3. The van der Waals surface area contributed by atoms with E-state index >= 15 is 0 Å². The summed E-state index contributed by atoms with van der Waals surface area (Å²) in [5, 5.41) is 3.43. The number of hydrogen-bond donors (Lipinski definition) is 1. The molecular formula is C18H18Cl2N2O2. The molecule has 0 saturated heterocycles. The minimum Gasteiger partial charge on any atom is -0.324 e. The Morgan fingerprint density at radius 1 is 1.04 bits per heavy atom. The molecule has 2 rings (SSSR count). The van der Waals surface area contributed by atoms with Crippen LogP contribution in [-0.2, 0) is 9.59 Å². The lowest BCUT2D eigenvalue weighted by atomic mass is 10.1. The summed E-state index contributed by atoms with van der Waals surface area (Å²) in [4.78, 5) is 25.7. The zero-order valence-corrected chi connectivity index (χ0v) is 15.2. The fraction of sp³-hybridized carbons (Fsp3) is 0.222. The van der Waals surface area contributed by atoms with Crippen LogP contribution in [-0.4, -0.2) is 18.4 Å². The van der Waals surface area contributed by atoms with E-state index < -0.39 is 0 Å². The number of hydrogen-bond acceptors (Lipinski definition) is 2. The molecule has 0 heterocycles. The Morgan fingerprint density at radius 3 is 2.21 bits per heavy atom. The van der Waals surface area contributed by atoms with Crippen molar-refractivity contribution < 1.29 is 9.59 Å². The third-order valence-electron chi connectivity index (χ3n) is 3.65. The Hall–Kier alpha value is -2.04. The number of aryl methyl sites for hydroxylation is 2. The van der Waals surface area contributed by atoms with E-state index in [-0.39, 0.29) is 23.4 Å². The molecule has 0 unspecified atom stereocenters. The number of halogens is 2. The van der Waals surface area contributed by atoms with Gasteiger partial charge in [-0.05, 0) is 37.1 Å². The van der Waals surface area contributed by atoms with Crippen molar-refractivity contribution in [2.75, 3.05) is 16.8 Å². The number of anilines is 2. The molecule has 0 aliphatic carbocycles. The quantitative estimate of drug-likeness (QED) is 0.861. The number of para-hydroxylation sites is 1. The molecule has 0 aliphatic heterocycles. The van der Waals surface area contributed by atoms with E-state index in [4.69, 9.17) is 23.2 Å². The number of nitrogens with one attached hydrogen (secondary N) is 1. The van der Waals surface area contributed by atoms with Crippen molar-refractivity contribution in [1.82, 2.24) is 0 Å². The highest BCUT2D eigenvalue weighted by molar-refractivity contribution is 6.44. The van der Waals surface area contributed by atoms with E-state index in [1.807, 2.05) is 32.0 Å². The lowest BCUT2D eigenvalue weighted by Crippen LogP contribution is -2.37. The first-order chi connectivity index (χ1) is 11.3. The van der Waals surface area contributed by atoms with Crippen molar-refractivity contribution in [2.45, 2.75) is 20.8 Å². The summed E-state index contributed by atoms with van der Waals surface area (Å²) in [6.07, 6.45) is 0. The van der Waals surface area contributed by atoms with E-state index in [0.717, 1.165) is 16.8 Å². The van der Waals surface area contributed by atoms with Crippen LogP contribution in [0.5, 0.6) is 0 Å². The van der Waals surface area contributed by atoms with Gasteiger partial charge in [-0.25, -0.2) is 0 Å². The zero-order chi connectivity index (χ0) is 17.9. The molecule has 2 aromatic rings. The molecule has 126 valence electrons. The van der Waals surface area contributed by atoms with Crippen LogP contribution in [0.15, 0.2) is 36.4 Å². The van der Waals surface area contributed by atoms with Crippen molar-refractivity contribution in [3.8, 4) is 0 Å². The molecule has 0 spiro atoms. The maximum atomic E-state index is 12.4. The minimum atomic E-state index is -0.307. The summed E-state index contributed by atoms with van der Waals surface area (Å²) in [7, 11) is 0. The largest absolute Gasteiger partial charge is 0.324 e. The molecule has 2 aromatic carbocycles. The Labute approximate surface area is 151 Å². The summed E-state index contributed by atoms with van der Waals surface area (Å²) < 4.78 is 0. The Balaban J connectivity index is 2.24. The van der Waals surface area contributed by atoms with Crippen LogP contribution in [0.3, 0.4) is 0 Å². The maximum Gasteiger partial charge on any atom is 0.244 e. The van der Waals surface area contributed by atoms with Gasteiger partial charge in [-0.15, -0.1) is 0 Å². The van der Waals surface area contributed by atoms with Crippen LogP contribution in [0.1, 0.15) is 18.1 Å². The summed E-state index contributed by atoms with van der Waals surface area (Å²) in [5.74, 6) is -0.602. The minimum absolute atomic E-state index is 0.150. The molecule has 4 nitrogen and oxygen atoms in total. The number of nitrogens with zero attached hydrogens (tertiary/aromatic N) is 1. The Bertz CT molecular complexity index is 770. The van der Waals surface area contributed by atoms with Crippen molar-refractivity contribution in [2.24, 2.45) is 0 Å². The van der Waals surface area contributed by atoms with Crippen LogP contribution >= 0.6 is 23.2 Å². The molecule has 6 heteroatoms. The smallest absolute Gasteiger partial charge is 0.244 e. The van der Waals surface area contributed by atoms with Gasteiger partial charge in [0.1, 0.15) is 6.54 Å². The standard InChI is InChI=1S/C18H18Cl2N2O2/c1-11-6-4-7-12(2)18(11)21-16(24)10-22(13(3)23)15-9-5-8-14(19)17(15)20/h4-9H,10H2,1-3H3,(H,21,24). The van der Waals surface area contributed by atoms with Gasteiger partial charge in [0.2, 0.25) is 11.8 Å². The Morgan fingerprint density at radius 2 is 1.62 bits per heavy atom. The predicted molar refractivity (Wildman–Crippen MR) is 99.0 cm³/mol. The third kappa shape index (κ3) is 4.08. The van der Waals surface area contributed by atoms with E-state index in [2.05, 4.69) is 5.32 Å². The third-order valence-corrected chi connectivity index (χ3v) is 4.46. The van der Waals surface area contributed by atoms with E-state index in [1.165, 1.54) is 11.8 Å². The summed E-state index contributed by atoms with van der Waals surface area (Å²) >= 11 is 12.2. The van der Waals surface area contributed by atoms with Gasteiger partial charge in [-0.3, -0.25) is 9.59 Å². The second-order valence-corrected chi connectivity index (χ2v) is 6.28. The highest BCUT2D eigenvalue weighted by Crippen LogP contribution is 2.32. The normalized spacial score (nSPS) is 10.4. The van der Waals surface area contributed by atoms with Gasteiger partial charge >= 0.3 is 0 Å². The van der Waals surface area contributed by atoms with E-state index in [9.17, 15) is 9.59 Å². The number of benzene rings is 2. The van der Waals surface area contributed by atoms with Gasteiger partial charge < -0.3 is 10.2 Å². The molecular weight excluding hydrogens is 347 g/mol. The molecule has 0 saturated carbocycles. The summed E-state index contributed by atoms with van der Waals surface area (Å²) in [6.45, 7) is 5.06. The lowest BCUT2D eigenvalue weighted by molar-refractivity contribution is -0.120. The molecule has 2 amide bonds. The first-order valence-electron chi connectivity index (χ1n) is 7.39. The van der Waals surface area contributed by atoms with Crippen LogP contribution in [0.25, 0.3) is 0 Å². The van der Waals surface area contributed by atoms with Crippen LogP contribution in [0.4, 0.5) is 11.4 Å². The second kappa shape index (κ2) is 7.69. The van der Waals surface area contributed by atoms with E-state index in [1.54, 1.807) is 18.2 Å². The number of carbonyl (C=O) groups excluding carboxylic acids is 2. The van der Waals surface area contributed by atoms with E-state index in [0.29, 0.717) is 10.7 Å². The monoisotopic (exact) mass is 364 g/mol. The maximum absolute atomic E-state index is 12.4. The fourth-order valence-electron chi connectivity index (χ4n) is 2.40. The molecule has 0 bridgehead atoms. The van der Waals surface area contributed by atoms with Crippen molar-refractivity contribution in [3.63, 3.8) is 0 Å². The molecule has 0 atom stereocenters. The summed E-state index contributed by atoms with van der Waals surface area (Å²) in [6, 6.07) is 10.7. The topological polar surface area (TPSA) is 49.4 Å². The summed E-state index contributed by atoms with van der Waals surface area (Å²) in [5.41, 5.74) is 3.08. The average molecular weight is 365 g/mol. The molecule has 24 heavy (non-hydrogen) atoms. The van der Waals surface area contributed by atoms with Crippen molar-refractivity contribution in [1.29, 1.82) is 0 Å². The SMILES string of the molecule is CC(=O)N(CC(=O)Nc1c(C)cccc1C)c1cccc(Cl)c1Cl. The fourth-order valence-corrected chi connectivity index (χ4v) is 2.80. The average Bonchev–Trinajstić information content (AvgIpc) is 2.51. The predicted octanol–water partition coefficient (Wildman–Crippen LogP) is 4.60. The Kier molecular flexibility index (Phi) is 5.86. The molecule has 1 N–H and O–H groups in total. The van der Waals surface area contributed by atoms with Gasteiger partial charge in [-0.1, -0.05) is 47.5 Å². The van der Waals surface area contributed by atoms with Crippen LogP contribution in [0, 0.1) is 13.8 Å². The highest BCUT2D eigenvalue weighted by Gasteiger charge is 2.20. The van der Waals surface area contributed by atoms with Crippen molar-refractivity contribution >= 4 is 46.4 Å².